The summed E-state index contributed by atoms with van der Waals surface area (Å²) < 4.78 is 47.5. The molecule has 0 amide bonds. The molecule has 1 aromatic heterocycles. The van der Waals surface area contributed by atoms with Gasteiger partial charge in [0.05, 0.1) is 12.4 Å². The molecule has 124 valence electrons. The molecule has 0 saturated carbocycles. The van der Waals surface area contributed by atoms with Gasteiger partial charge in [-0.25, -0.2) is 8.96 Å². The molecule has 1 heterocycles. The van der Waals surface area contributed by atoms with Gasteiger partial charge in [-0.1, -0.05) is 19.8 Å². The fourth-order valence-electron chi connectivity index (χ4n) is 3.10. The van der Waals surface area contributed by atoms with Crippen molar-refractivity contribution in [1.82, 2.24) is 4.98 Å². The first-order chi connectivity index (χ1) is 12.9. The molecular formula is C21H24FN2+. The van der Waals surface area contributed by atoms with E-state index in [4.69, 9.17) is 5.48 Å². The zero-order chi connectivity index (χ0) is 21.0. The van der Waals surface area contributed by atoms with Crippen LogP contribution in [0, 0.1) is 26.6 Å². The van der Waals surface area contributed by atoms with E-state index in [1.165, 1.54) is 6.92 Å². The highest BCUT2D eigenvalue weighted by Gasteiger charge is 2.20. The van der Waals surface area contributed by atoms with E-state index in [1.807, 2.05) is 24.6 Å². The predicted octanol–water partition coefficient (Wildman–Crippen LogP) is 4.91. The van der Waals surface area contributed by atoms with Crippen LogP contribution in [0.2, 0.25) is 0 Å². The number of benzene rings is 2. The van der Waals surface area contributed by atoms with Crippen LogP contribution in [0.3, 0.4) is 0 Å². The van der Waals surface area contributed by atoms with Crippen LogP contribution in [0.5, 0.6) is 0 Å². The van der Waals surface area contributed by atoms with E-state index in [1.54, 1.807) is 38.4 Å². The molecule has 0 bridgehead atoms. The summed E-state index contributed by atoms with van der Waals surface area (Å²) in [5.74, 6) is -1.94. The molecule has 2 nitrogen and oxygen atoms in total. The Morgan fingerprint density at radius 3 is 2.67 bits per heavy atom. The molecule has 3 rings (SSSR count). The van der Waals surface area contributed by atoms with Crippen LogP contribution in [0.25, 0.3) is 22.2 Å². The summed E-state index contributed by atoms with van der Waals surface area (Å²) in [4.78, 5) is 4.44. The number of aryl methyl sites for hydroxylation is 2. The molecule has 0 radical (unpaired) electrons. The van der Waals surface area contributed by atoms with Crippen molar-refractivity contribution >= 4 is 10.9 Å². The van der Waals surface area contributed by atoms with Gasteiger partial charge in [0.25, 0.3) is 6.33 Å². The van der Waals surface area contributed by atoms with Gasteiger partial charge >= 0.3 is 0 Å². The van der Waals surface area contributed by atoms with Crippen LogP contribution in [0.4, 0.5) is 4.39 Å². The molecule has 1 unspecified atom stereocenters. The molecule has 0 N–H and O–H groups in total. The van der Waals surface area contributed by atoms with Crippen molar-refractivity contribution in [2.45, 2.75) is 40.4 Å². The smallest absolute Gasteiger partial charge is 0.232 e. The fourth-order valence-corrected chi connectivity index (χ4v) is 3.10. The minimum atomic E-state index is -2.45. The summed E-state index contributed by atoms with van der Waals surface area (Å²) in [6.45, 7) is 4.34. The average Bonchev–Trinajstić information content (AvgIpc) is 2.62. The Balaban J connectivity index is 2.31. The monoisotopic (exact) mass is 327 g/mol. The van der Waals surface area contributed by atoms with Crippen LogP contribution in [0.1, 0.15) is 47.4 Å². The van der Waals surface area contributed by atoms with Crippen LogP contribution in [0.15, 0.2) is 30.6 Å². The normalized spacial score (nSPS) is 16.9. The lowest BCUT2D eigenvalue weighted by Gasteiger charge is -2.14. The Labute approximate surface area is 148 Å². The molecule has 0 fully saturated rings. The summed E-state index contributed by atoms with van der Waals surface area (Å²) in [6.07, 6.45) is 1.66. The summed E-state index contributed by atoms with van der Waals surface area (Å²) in [7, 11) is 1.88. The van der Waals surface area contributed by atoms with Crippen molar-refractivity contribution < 1.29 is 14.4 Å². The highest BCUT2D eigenvalue weighted by atomic mass is 19.1. The van der Waals surface area contributed by atoms with Gasteiger partial charge in [-0.05, 0) is 72.1 Å². The van der Waals surface area contributed by atoms with Crippen LogP contribution >= 0.6 is 0 Å². The molecule has 3 aromatic rings. The highest BCUT2D eigenvalue weighted by molar-refractivity contribution is 5.92. The van der Waals surface area contributed by atoms with E-state index in [0.29, 0.717) is 22.2 Å². The standard InChI is InChI=1S/C21H24FN2/c1-12(2)16-7-8-17-19(10-16)23-11-24(6)21(17)18-9-13(3)20(22)15(5)14(18)4/h7-12H,1-6H3/q+1/i1D3,12D. The van der Waals surface area contributed by atoms with Gasteiger partial charge in [0, 0.05) is 11.0 Å². The minimum Gasteiger partial charge on any atom is -0.232 e. The highest BCUT2D eigenvalue weighted by Crippen LogP contribution is 2.32. The van der Waals surface area contributed by atoms with Crippen LogP contribution in [-0.4, -0.2) is 4.98 Å². The number of halogens is 1. The van der Waals surface area contributed by atoms with Gasteiger partial charge in [0.1, 0.15) is 11.5 Å². The summed E-state index contributed by atoms with van der Waals surface area (Å²) in [5.41, 5.74) is 4.80. The third kappa shape index (κ3) is 2.58. The second-order valence-electron chi connectivity index (χ2n) is 6.37. The molecule has 0 aliphatic carbocycles. The van der Waals surface area contributed by atoms with Gasteiger partial charge in [-0.2, -0.15) is 0 Å². The number of fused-ring (bicyclic) bond motifs is 1. The van der Waals surface area contributed by atoms with Gasteiger partial charge in [0.15, 0.2) is 5.52 Å². The Hall–Kier alpha value is -2.29. The van der Waals surface area contributed by atoms with Crippen molar-refractivity contribution in [2.24, 2.45) is 7.05 Å². The molecule has 0 aliphatic heterocycles. The van der Waals surface area contributed by atoms with E-state index < -0.39 is 12.7 Å². The Morgan fingerprint density at radius 2 is 1.96 bits per heavy atom. The first-order valence-electron chi connectivity index (χ1n) is 9.92. The number of rotatable bonds is 2. The topological polar surface area (TPSA) is 16.8 Å². The average molecular weight is 327 g/mol. The predicted molar refractivity (Wildman–Crippen MR) is 96.6 cm³/mol. The lowest BCUT2D eigenvalue weighted by Crippen LogP contribution is -2.32. The maximum atomic E-state index is 14.3. The SMILES string of the molecule is [2H]C([2H])([2H])C([2H])(C)c1ccc2c(-c3cc(C)c(F)c(C)c3C)[n+](C)cnc2c1. The second kappa shape index (κ2) is 5.97. The van der Waals surface area contributed by atoms with Crippen molar-refractivity contribution in [2.75, 3.05) is 0 Å². The molecule has 3 heteroatoms. The molecular weight excluding hydrogens is 299 g/mol. The maximum Gasteiger partial charge on any atom is 0.287 e. The molecule has 0 saturated heterocycles. The number of hydrogen-bond donors (Lipinski definition) is 0. The third-order valence-electron chi connectivity index (χ3n) is 4.67. The largest absolute Gasteiger partial charge is 0.287 e. The first-order valence-corrected chi connectivity index (χ1v) is 7.92. The summed E-state index contributed by atoms with van der Waals surface area (Å²) in [5, 5.41) is 0.823. The van der Waals surface area contributed by atoms with Gasteiger partial charge in [-0.15, -0.1) is 0 Å². The van der Waals surface area contributed by atoms with E-state index in [9.17, 15) is 4.39 Å². The molecule has 0 spiro atoms. The molecule has 2 aromatic carbocycles. The van der Waals surface area contributed by atoms with E-state index in [2.05, 4.69) is 4.98 Å². The van der Waals surface area contributed by atoms with E-state index >= 15 is 0 Å². The minimum absolute atomic E-state index is 0.202. The van der Waals surface area contributed by atoms with Gasteiger partial charge in [-0.3, -0.25) is 0 Å². The summed E-state index contributed by atoms with van der Waals surface area (Å²) >= 11 is 0. The van der Waals surface area contributed by atoms with Crippen LogP contribution < -0.4 is 4.57 Å². The van der Waals surface area contributed by atoms with Crippen molar-refractivity contribution in [3.63, 3.8) is 0 Å². The molecule has 24 heavy (non-hydrogen) atoms. The number of hydrogen-bond acceptors (Lipinski definition) is 1. The first kappa shape index (κ1) is 12.1. The number of aromatic nitrogens is 2. The Bertz CT molecular complexity index is 1090. The molecule has 0 aliphatic rings. The van der Waals surface area contributed by atoms with Crippen molar-refractivity contribution in [3.8, 4) is 11.3 Å². The quantitative estimate of drug-likeness (QED) is 0.611. The fraction of sp³-hybridized carbons (Fsp3) is 0.333. The lowest BCUT2D eigenvalue weighted by molar-refractivity contribution is -0.662. The van der Waals surface area contributed by atoms with Gasteiger partial charge < -0.3 is 0 Å². The van der Waals surface area contributed by atoms with E-state index in [-0.39, 0.29) is 5.82 Å². The third-order valence-corrected chi connectivity index (χ3v) is 4.67. The number of nitrogens with zero attached hydrogens (tertiary/aromatic N) is 2. The zero-order valence-electron chi connectivity index (χ0n) is 18.7. The Morgan fingerprint density at radius 1 is 1.21 bits per heavy atom. The van der Waals surface area contributed by atoms with E-state index in [0.717, 1.165) is 22.2 Å². The Kier molecular flexibility index (Phi) is 3.02. The van der Waals surface area contributed by atoms with Crippen molar-refractivity contribution in [3.05, 3.63) is 58.7 Å². The lowest BCUT2D eigenvalue weighted by atomic mass is 9.94. The van der Waals surface area contributed by atoms with Crippen LogP contribution in [-0.2, 0) is 7.05 Å². The zero-order valence-corrected chi connectivity index (χ0v) is 14.7. The van der Waals surface area contributed by atoms with Gasteiger partial charge in [0.2, 0.25) is 0 Å². The second-order valence-corrected chi connectivity index (χ2v) is 6.37. The van der Waals surface area contributed by atoms with Crippen molar-refractivity contribution in [1.29, 1.82) is 0 Å². The summed E-state index contributed by atoms with van der Waals surface area (Å²) in [6, 6.07) is 6.97. The molecule has 1 atom stereocenters. The maximum absolute atomic E-state index is 14.3.